The first-order valence-electron chi connectivity index (χ1n) is 12.1. The third-order valence-corrected chi connectivity index (χ3v) is 6.04. The van der Waals surface area contributed by atoms with Gasteiger partial charge in [-0.1, -0.05) is 23.4 Å². The summed E-state index contributed by atoms with van der Waals surface area (Å²) < 4.78 is 13.8. The number of oxime groups is 1. The van der Waals surface area contributed by atoms with Gasteiger partial charge in [0.05, 0.1) is 36.5 Å². The Balaban J connectivity index is 2.20. The summed E-state index contributed by atoms with van der Waals surface area (Å²) in [6.45, 7) is 9.01. The second kappa shape index (κ2) is 12.7. The van der Waals surface area contributed by atoms with Crippen molar-refractivity contribution in [3.8, 4) is 5.75 Å². The molecule has 38 heavy (non-hydrogen) atoms. The standard InChI is InChI=1S/C26H33N5O6S/c1-16(2)36-23(19-10-8-9-11-22(19)35-7)13-30-12-20(18(5)28-37-17(3)4)24(32)31(26(30)34)29(6)25(33)21-14-38-15-27-21/h8-12,14-17,23H,13H2,1-7H3/b28-18+. The highest BCUT2D eigenvalue weighted by atomic mass is 32.1. The summed E-state index contributed by atoms with van der Waals surface area (Å²) >= 11 is 1.23. The Morgan fingerprint density at radius 2 is 1.87 bits per heavy atom. The summed E-state index contributed by atoms with van der Waals surface area (Å²) in [5, 5.41) is 6.56. The van der Waals surface area contributed by atoms with E-state index >= 15 is 0 Å². The van der Waals surface area contributed by atoms with Crippen LogP contribution in [0.1, 0.15) is 62.3 Å². The average molecular weight is 544 g/mol. The van der Waals surface area contributed by atoms with Crippen LogP contribution in [0.4, 0.5) is 0 Å². The summed E-state index contributed by atoms with van der Waals surface area (Å²) in [5.41, 5.74) is 1.24. The van der Waals surface area contributed by atoms with Gasteiger partial charge in [-0.3, -0.25) is 14.2 Å². The molecule has 1 atom stereocenters. The van der Waals surface area contributed by atoms with Crippen molar-refractivity contribution in [2.75, 3.05) is 19.2 Å². The molecule has 0 aliphatic carbocycles. The van der Waals surface area contributed by atoms with E-state index in [0.29, 0.717) is 5.75 Å². The highest BCUT2D eigenvalue weighted by molar-refractivity contribution is 7.07. The van der Waals surface area contributed by atoms with Crippen LogP contribution in [0.15, 0.2) is 56.1 Å². The minimum atomic E-state index is -0.727. The van der Waals surface area contributed by atoms with Crippen LogP contribution in [0, 0.1) is 0 Å². The molecule has 1 unspecified atom stereocenters. The number of methoxy groups -OCH3 is 1. The maximum absolute atomic E-state index is 13.7. The number of benzene rings is 1. The summed E-state index contributed by atoms with van der Waals surface area (Å²) in [4.78, 5) is 49.7. The zero-order valence-electron chi connectivity index (χ0n) is 22.6. The third kappa shape index (κ3) is 6.56. The second-order valence-electron chi connectivity index (χ2n) is 9.04. The quantitative estimate of drug-likeness (QED) is 0.269. The molecule has 0 saturated heterocycles. The summed E-state index contributed by atoms with van der Waals surface area (Å²) in [7, 11) is 2.90. The molecule has 3 aromatic rings. The predicted molar refractivity (Wildman–Crippen MR) is 146 cm³/mol. The van der Waals surface area contributed by atoms with Crippen LogP contribution in [0.3, 0.4) is 0 Å². The van der Waals surface area contributed by atoms with Crippen LogP contribution in [0.25, 0.3) is 0 Å². The SMILES string of the molecule is COc1ccccc1C(Cn1cc(/C(C)=N/OC(C)C)c(=O)n(N(C)C(=O)c2cscn2)c1=O)OC(C)C. The topological polar surface area (TPSA) is 117 Å². The van der Waals surface area contributed by atoms with Crippen LogP contribution in [-0.4, -0.2) is 52.2 Å². The lowest BCUT2D eigenvalue weighted by Crippen LogP contribution is -2.54. The van der Waals surface area contributed by atoms with Crippen molar-refractivity contribution in [2.45, 2.75) is 59.5 Å². The Morgan fingerprint density at radius 1 is 1.16 bits per heavy atom. The minimum Gasteiger partial charge on any atom is -0.496 e. The van der Waals surface area contributed by atoms with E-state index < -0.39 is 23.3 Å². The maximum atomic E-state index is 13.7. The number of hydrogen-bond donors (Lipinski definition) is 0. The third-order valence-electron chi connectivity index (χ3n) is 5.45. The molecule has 1 aromatic carbocycles. The smallest absolute Gasteiger partial charge is 0.350 e. The molecule has 3 rings (SSSR count). The summed E-state index contributed by atoms with van der Waals surface area (Å²) in [6, 6.07) is 7.35. The zero-order chi connectivity index (χ0) is 28.0. The molecule has 1 amide bonds. The van der Waals surface area contributed by atoms with Crippen molar-refractivity contribution in [1.29, 1.82) is 0 Å². The van der Waals surface area contributed by atoms with Crippen LogP contribution in [0.5, 0.6) is 5.75 Å². The van der Waals surface area contributed by atoms with Gasteiger partial charge in [-0.25, -0.2) is 14.8 Å². The van der Waals surface area contributed by atoms with Crippen LogP contribution in [-0.2, 0) is 16.1 Å². The Morgan fingerprint density at radius 3 is 2.47 bits per heavy atom. The van der Waals surface area contributed by atoms with Crippen molar-refractivity contribution in [3.05, 3.63) is 79.0 Å². The highest BCUT2D eigenvalue weighted by Crippen LogP contribution is 2.29. The Bertz CT molecular complexity index is 1390. The largest absolute Gasteiger partial charge is 0.496 e. The molecule has 0 aliphatic heterocycles. The number of nitrogens with zero attached hydrogens (tertiary/aromatic N) is 5. The molecule has 2 aromatic heterocycles. The summed E-state index contributed by atoms with van der Waals surface area (Å²) in [6.07, 6.45) is 0.409. The van der Waals surface area contributed by atoms with Gasteiger partial charge in [0.15, 0.2) is 0 Å². The molecule has 0 N–H and O–H groups in total. The van der Waals surface area contributed by atoms with E-state index in [1.807, 2.05) is 38.1 Å². The monoisotopic (exact) mass is 543 g/mol. The van der Waals surface area contributed by atoms with Gasteiger partial charge in [0, 0.05) is 24.2 Å². The molecule has 0 saturated carbocycles. The molecule has 0 radical (unpaired) electrons. The number of hydrogen-bond acceptors (Lipinski definition) is 9. The van der Waals surface area contributed by atoms with Gasteiger partial charge in [0.2, 0.25) is 0 Å². The number of thiazole rings is 1. The van der Waals surface area contributed by atoms with Gasteiger partial charge in [-0.2, -0.15) is 4.68 Å². The van der Waals surface area contributed by atoms with Crippen molar-refractivity contribution < 1.29 is 19.1 Å². The van der Waals surface area contributed by atoms with E-state index in [9.17, 15) is 14.4 Å². The molecule has 0 spiro atoms. The molecule has 0 fully saturated rings. The predicted octanol–water partition coefficient (Wildman–Crippen LogP) is 3.20. The number of aromatic nitrogens is 3. The van der Waals surface area contributed by atoms with Gasteiger partial charge in [-0.15, -0.1) is 11.3 Å². The Hall–Kier alpha value is -3.77. The lowest BCUT2D eigenvalue weighted by Gasteiger charge is -2.25. The first kappa shape index (κ1) is 28.8. The number of carbonyl (C=O) groups is 1. The molecular weight excluding hydrogens is 510 g/mol. The number of ether oxygens (including phenoxy) is 2. The fraction of sp³-hybridized carbons (Fsp3) is 0.423. The van der Waals surface area contributed by atoms with E-state index in [2.05, 4.69) is 10.1 Å². The van der Waals surface area contributed by atoms with Crippen LogP contribution >= 0.6 is 11.3 Å². The van der Waals surface area contributed by atoms with E-state index in [-0.39, 0.29) is 35.7 Å². The van der Waals surface area contributed by atoms with E-state index in [1.165, 1.54) is 34.7 Å². The first-order chi connectivity index (χ1) is 18.0. The van der Waals surface area contributed by atoms with Crippen molar-refractivity contribution in [2.24, 2.45) is 5.16 Å². The number of rotatable bonds is 11. The lowest BCUT2D eigenvalue weighted by molar-refractivity contribution is -0.00534. The maximum Gasteiger partial charge on any atom is 0.350 e. The van der Waals surface area contributed by atoms with Gasteiger partial charge >= 0.3 is 5.69 Å². The molecule has 2 heterocycles. The molecule has 11 nitrogen and oxygen atoms in total. The van der Waals surface area contributed by atoms with Crippen LogP contribution in [0.2, 0.25) is 0 Å². The molecule has 12 heteroatoms. The van der Waals surface area contributed by atoms with E-state index in [1.54, 1.807) is 33.3 Å². The zero-order valence-corrected chi connectivity index (χ0v) is 23.4. The average Bonchev–Trinajstić information content (AvgIpc) is 3.42. The Kier molecular flexibility index (Phi) is 9.59. The first-order valence-corrected chi connectivity index (χ1v) is 13.0. The molecule has 0 aliphatic rings. The lowest BCUT2D eigenvalue weighted by atomic mass is 10.1. The Labute approximate surface area is 224 Å². The number of amides is 1. The fourth-order valence-corrected chi connectivity index (χ4v) is 4.22. The number of para-hydroxylation sites is 1. The molecular formula is C26H33N5O6S. The summed E-state index contributed by atoms with van der Waals surface area (Å²) in [5.74, 6) is -0.0134. The van der Waals surface area contributed by atoms with Crippen molar-refractivity contribution in [1.82, 2.24) is 14.2 Å². The molecule has 204 valence electrons. The fourth-order valence-electron chi connectivity index (χ4n) is 3.70. The number of carbonyl (C=O) groups excluding carboxylic acids is 1. The highest BCUT2D eigenvalue weighted by Gasteiger charge is 2.25. The van der Waals surface area contributed by atoms with Crippen LogP contribution < -0.4 is 21.0 Å². The van der Waals surface area contributed by atoms with E-state index in [4.69, 9.17) is 14.3 Å². The minimum absolute atomic E-state index is 0.0295. The van der Waals surface area contributed by atoms with Gasteiger partial charge < -0.3 is 14.3 Å². The second-order valence-corrected chi connectivity index (χ2v) is 9.76. The van der Waals surface area contributed by atoms with Crippen molar-refractivity contribution in [3.63, 3.8) is 0 Å². The molecule has 0 bridgehead atoms. The van der Waals surface area contributed by atoms with Gasteiger partial charge in [0.25, 0.3) is 11.5 Å². The normalized spacial score (nSPS) is 12.6. The van der Waals surface area contributed by atoms with Gasteiger partial charge in [0.1, 0.15) is 23.7 Å². The van der Waals surface area contributed by atoms with E-state index in [0.717, 1.165) is 15.2 Å². The van der Waals surface area contributed by atoms with Gasteiger partial charge in [-0.05, 0) is 40.7 Å². The van der Waals surface area contributed by atoms with Crippen molar-refractivity contribution >= 4 is 23.0 Å².